The molecule has 1 atom stereocenters. The molecular formula is C7H16N2S. The molecule has 1 unspecified atom stereocenters. The van der Waals surface area contributed by atoms with Crippen LogP contribution in [0.1, 0.15) is 20.3 Å². The molecule has 2 nitrogen and oxygen atoms in total. The van der Waals surface area contributed by atoms with Gasteiger partial charge in [-0.1, -0.05) is 26.1 Å². The van der Waals surface area contributed by atoms with Crippen LogP contribution in [0.15, 0.2) is 0 Å². The van der Waals surface area contributed by atoms with Crippen molar-refractivity contribution >= 4 is 17.2 Å². The molecule has 3 heteroatoms. The summed E-state index contributed by atoms with van der Waals surface area (Å²) in [5.41, 5.74) is 5.41. The number of hydrogen-bond donors (Lipinski definition) is 2. The Labute approximate surface area is 68.2 Å². The SMILES string of the molecule is CCCNCC(C)C(N)=S. The maximum atomic E-state index is 5.41. The van der Waals surface area contributed by atoms with Crippen LogP contribution in [0.5, 0.6) is 0 Å². The van der Waals surface area contributed by atoms with Crippen LogP contribution in [0.3, 0.4) is 0 Å². The van der Waals surface area contributed by atoms with E-state index >= 15 is 0 Å². The first-order valence-corrected chi connectivity index (χ1v) is 4.09. The van der Waals surface area contributed by atoms with Gasteiger partial charge in [-0.2, -0.15) is 0 Å². The molecule has 0 aromatic rings. The largest absolute Gasteiger partial charge is 0.393 e. The van der Waals surface area contributed by atoms with Gasteiger partial charge in [0.15, 0.2) is 0 Å². The van der Waals surface area contributed by atoms with E-state index in [0.717, 1.165) is 19.5 Å². The van der Waals surface area contributed by atoms with Gasteiger partial charge in [0, 0.05) is 12.5 Å². The summed E-state index contributed by atoms with van der Waals surface area (Å²) in [7, 11) is 0. The van der Waals surface area contributed by atoms with Crippen molar-refractivity contribution in [3.63, 3.8) is 0 Å². The quantitative estimate of drug-likeness (QED) is 0.464. The normalized spacial score (nSPS) is 13.0. The highest BCUT2D eigenvalue weighted by atomic mass is 32.1. The Bertz CT molecular complexity index is 104. The Morgan fingerprint density at radius 1 is 1.70 bits per heavy atom. The van der Waals surface area contributed by atoms with E-state index in [1.54, 1.807) is 0 Å². The summed E-state index contributed by atoms with van der Waals surface area (Å²) < 4.78 is 0. The fourth-order valence-electron chi connectivity index (χ4n) is 0.596. The summed E-state index contributed by atoms with van der Waals surface area (Å²) in [4.78, 5) is 0.601. The zero-order chi connectivity index (χ0) is 7.98. The van der Waals surface area contributed by atoms with Gasteiger partial charge in [0.25, 0.3) is 0 Å². The molecule has 3 N–H and O–H groups in total. The molecule has 0 spiro atoms. The first-order valence-electron chi connectivity index (χ1n) is 3.68. The van der Waals surface area contributed by atoms with E-state index in [1.807, 2.05) is 6.92 Å². The van der Waals surface area contributed by atoms with E-state index in [0.29, 0.717) is 10.9 Å². The number of thiocarbonyl (C=S) groups is 1. The third-order valence-corrected chi connectivity index (χ3v) is 1.77. The fourth-order valence-corrected chi connectivity index (χ4v) is 0.679. The molecule has 0 rings (SSSR count). The molecule has 0 aromatic heterocycles. The molecule has 0 aliphatic carbocycles. The molecule has 0 bridgehead atoms. The second-order valence-corrected chi connectivity index (χ2v) is 2.98. The smallest absolute Gasteiger partial charge is 0.0768 e. The van der Waals surface area contributed by atoms with Gasteiger partial charge in [-0.3, -0.25) is 0 Å². The van der Waals surface area contributed by atoms with E-state index in [4.69, 9.17) is 18.0 Å². The zero-order valence-corrected chi connectivity index (χ0v) is 7.50. The Morgan fingerprint density at radius 2 is 2.30 bits per heavy atom. The summed E-state index contributed by atoms with van der Waals surface area (Å²) >= 11 is 4.81. The van der Waals surface area contributed by atoms with Crippen molar-refractivity contribution in [3.8, 4) is 0 Å². The number of rotatable bonds is 5. The molecule has 0 fully saturated rings. The number of nitrogens with two attached hydrogens (primary N) is 1. The van der Waals surface area contributed by atoms with Gasteiger partial charge in [-0.05, 0) is 13.0 Å². The molecule has 10 heavy (non-hydrogen) atoms. The molecule has 0 amide bonds. The fraction of sp³-hybridized carbons (Fsp3) is 0.857. The number of hydrogen-bond acceptors (Lipinski definition) is 2. The van der Waals surface area contributed by atoms with Crippen LogP contribution in [-0.2, 0) is 0 Å². The van der Waals surface area contributed by atoms with E-state index in [9.17, 15) is 0 Å². The minimum absolute atomic E-state index is 0.321. The van der Waals surface area contributed by atoms with E-state index < -0.39 is 0 Å². The van der Waals surface area contributed by atoms with Gasteiger partial charge in [0.2, 0.25) is 0 Å². The lowest BCUT2D eigenvalue weighted by atomic mass is 10.2. The van der Waals surface area contributed by atoms with Crippen LogP contribution in [0.4, 0.5) is 0 Å². The molecule has 0 saturated carbocycles. The Balaban J connectivity index is 3.21. The second-order valence-electron chi connectivity index (χ2n) is 2.51. The molecular weight excluding hydrogens is 144 g/mol. The van der Waals surface area contributed by atoms with E-state index in [1.165, 1.54) is 0 Å². The van der Waals surface area contributed by atoms with Gasteiger partial charge in [-0.15, -0.1) is 0 Å². The van der Waals surface area contributed by atoms with Gasteiger partial charge >= 0.3 is 0 Å². The van der Waals surface area contributed by atoms with Crippen LogP contribution in [0.25, 0.3) is 0 Å². The first kappa shape index (κ1) is 9.85. The van der Waals surface area contributed by atoms with Crippen molar-refractivity contribution < 1.29 is 0 Å². The third-order valence-electron chi connectivity index (χ3n) is 1.36. The van der Waals surface area contributed by atoms with Crippen LogP contribution in [-0.4, -0.2) is 18.1 Å². The minimum Gasteiger partial charge on any atom is -0.393 e. The summed E-state index contributed by atoms with van der Waals surface area (Å²) in [5.74, 6) is 0.321. The highest BCUT2D eigenvalue weighted by Crippen LogP contribution is 1.91. The standard InChI is InChI=1S/C7H16N2S/c1-3-4-9-5-6(2)7(8)10/h6,9H,3-5H2,1-2H3,(H2,8,10). The predicted octanol–water partition coefficient (Wildman–Crippen LogP) is 0.908. The van der Waals surface area contributed by atoms with Crippen molar-refractivity contribution in [1.82, 2.24) is 5.32 Å². The third kappa shape index (κ3) is 4.70. The highest BCUT2D eigenvalue weighted by molar-refractivity contribution is 7.80. The lowest BCUT2D eigenvalue weighted by Crippen LogP contribution is -2.30. The highest BCUT2D eigenvalue weighted by Gasteiger charge is 2.01. The summed E-state index contributed by atoms with van der Waals surface area (Å²) in [6.45, 7) is 6.12. The average Bonchev–Trinajstić information content (AvgIpc) is 1.88. The van der Waals surface area contributed by atoms with Gasteiger partial charge in [-0.25, -0.2) is 0 Å². The molecule has 0 radical (unpaired) electrons. The van der Waals surface area contributed by atoms with E-state index in [-0.39, 0.29) is 0 Å². The summed E-state index contributed by atoms with van der Waals surface area (Å²) in [6.07, 6.45) is 1.16. The molecule has 0 aromatic carbocycles. The summed E-state index contributed by atoms with van der Waals surface area (Å²) in [6, 6.07) is 0. The predicted molar refractivity (Wildman–Crippen MR) is 49.1 cm³/mol. The molecule has 60 valence electrons. The first-order chi connectivity index (χ1) is 4.68. The number of nitrogens with one attached hydrogen (secondary N) is 1. The van der Waals surface area contributed by atoms with Crippen LogP contribution >= 0.6 is 12.2 Å². The topological polar surface area (TPSA) is 38.0 Å². The Morgan fingerprint density at radius 3 is 2.70 bits per heavy atom. The van der Waals surface area contributed by atoms with Gasteiger partial charge in [0.05, 0.1) is 4.99 Å². The molecule has 0 aliphatic rings. The lowest BCUT2D eigenvalue weighted by molar-refractivity contribution is 0.610. The maximum absolute atomic E-state index is 5.41. The monoisotopic (exact) mass is 160 g/mol. The minimum atomic E-state index is 0.321. The second kappa shape index (κ2) is 5.62. The van der Waals surface area contributed by atoms with Crippen molar-refractivity contribution in [2.75, 3.05) is 13.1 Å². The summed E-state index contributed by atoms with van der Waals surface area (Å²) in [5, 5.41) is 3.25. The lowest BCUT2D eigenvalue weighted by Gasteiger charge is -2.09. The molecule has 0 saturated heterocycles. The zero-order valence-electron chi connectivity index (χ0n) is 6.68. The van der Waals surface area contributed by atoms with Crippen LogP contribution in [0, 0.1) is 5.92 Å². The van der Waals surface area contributed by atoms with Crippen LogP contribution < -0.4 is 11.1 Å². The Kier molecular flexibility index (Phi) is 5.54. The van der Waals surface area contributed by atoms with Gasteiger partial charge in [0.1, 0.15) is 0 Å². The molecule has 0 aliphatic heterocycles. The van der Waals surface area contributed by atoms with Crippen molar-refractivity contribution in [3.05, 3.63) is 0 Å². The van der Waals surface area contributed by atoms with E-state index in [2.05, 4.69) is 12.2 Å². The van der Waals surface area contributed by atoms with Crippen molar-refractivity contribution in [1.29, 1.82) is 0 Å². The maximum Gasteiger partial charge on any atom is 0.0768 e. The van der Waals surface area contributed by atoms with Crippen molar-refractivity contribution in [2.24, 2.45) is 11.7 Å². The molecule has 0 heterocycles. The van der Waals surface area contributed by atoms with Crippen LogP contribution in [0.2, 0.25) is 0 Å². The van der Waals surface area contributed by atoms with Crippen molar-refractivity contribution in [2.45, 2.75) is 20.3 Å². The Hall–Kier alpha value is -0.150. The van der Waals surface area contributed by atoms with Gasteiger partial charge < -0.3 is 11.1 Å². The average molecular weight is 160 g/mol.